The number of urea groups is 1. The standard InChI is InChI=1S/C16H21N5O7S/c22-15(12-4-3-10-6-20(12)16(23)21(10)28-29(24,25)26)19-27-7-11-13-8-1-2-9(5-8)14(13)18-17-11/h8-10,12H,1-7H2,(H,17,18)(H,19,22)(H,24,25,26)/t8?,9?,10-,12+/m1/s1. The molecule has 158 valence electrons. The molecule has 0 aromatic carbocycles. The third-order valence-electron chi connectivity index (χ3n) is 6.34. The van der Waals surface area contributed by atoms with Crippen LogP contribution in [0.1, 0.15) is 60.9 Å². The number of H-pyrrole nitrogens is 1. The van der Waals surface area contributed by atoms with Gasteiger partial charge in [-0.3, -0.25) is 19.3 Å². The van der Waals surface area contributed by atoms with Crippen LogP contribution in [0, 0.1) is 0 Å². The number of carbonyl (C=O) groups is 2. The predicted octanol–water partition coefficient (Wildman–Crippen LogP) is 0.325. The van der Waals surface area contributed by atoms with Gasteiger partial charge in [0.25, 0.3) is 5.91 Å². The smallest absolute Gasteiger partial charge is 0.309 e. The van der Waals surface area contributed by atoms with Crippen LogP contribution in [0.5, 0.6) is 0 Å². The number of fused-ring (bicyclic) bond motifs is 7. The largest absolute Gasteiger partial charge is 0.418 e. The number of piperidine rings is 1. The van der Waals surface area contributed by atoms with E-state index in [1.807, 2.05) is 0 Å². The molecule has 1 saturated carbocycles. The molecule has 12 nitrogen and oxygen atoms in total. The quantitative estimate of drug-likeness (QED) is 0.433. The zero-order chi connectivity index (χ0) is 20.3. The van der Waals surface area contributed by atoms with Crippen molar-refractivity contribution >= 4 is 22.3 Å². The SMILES string of the molecule is O=C(NOCc1n[nH]c2c1C1CCC2C1)[C@@H]1CC[C@@H]2CN1C(=O)N2OS(=O)(=O)O. The van der Waals surface area contributed by atoms with E-state index in [0.29, 0.717) is 29.7 Å². The van der Waals surface area contributed by atoms with Gasteiger partial charge in [-0.1, -0.05) is 0 Å². The van der Waals surface area contributed by atoms with Crippen molar-refractivity contribution in [3.05, 3.63) is 17.0 Å². The van der Waals surface area contributed by atoms with Crippen LogP contribution in [0.25, 0.3) is 0 Å². The lowest BCUT2D eigenvalue weighted by atomic mass is 9.96. The van der Waals surface area contributed by atoms with Crippen LogP contribution in [0.3, 0.4) is 0 Å². The topological polar surface area (TPSA) is 154 Å². The van der Waals surface area contributed by atoms with Crippen LogP contribution in [-0.4, -0.2) is 63.7 Å². The summed E-state index contributed by atoms with van der Waals surface area (Å²) in [5, 5.41) is 8.00. The highest BCUT2D eigenvalue weighted by atomic mass is 32.3. The summed E-state index contributed by atoms with van der Waals surface area (Å²) in [4.78, 5) is 31.5. The average molecular weight is 427 g/mol. The number of aromatic nitrogens is 2. The first kappa shape index (κ1) is 18.8. The molecule has 2 aliphatic carbocycles. The number of hydrogen-bond donors (Lipinski definition) is 3. The number of hydroxylamine groups is 3. The Bertz CT molecular complexity index is 963. The zero-order valence-corrected chi connectivity index (χ0v) is 16.2. The van der Waals surface area contributed by atoms with Crippen molar-refractivity contribution in [2.24, 2.45) is 0 Å². The van der Waals surface area contributed by atoms with E-state index >= 15 is 0 Å². The molecule has 4 aliphatic rings. The first-order valence-electron chi connectivity index (χ1n) is 9.57. The lowest BCUT2D eigenvalue weighted by Gasteiger charge is -2.28. The maximum atomic E-state index is 12.5. The fourth-order valence-electron chi connectivity index (χ4n) is 5.13. The van der Waals surface area contributed by atoms with Crippen LogP contribution in [-0.2, 0) is 30.9 Å². The Balaban J connectivity index is 1.18. The molecule has 3 fully saturated rings. The molecule has 4 bridgehead atoms. The number of hydrogen-bond acceptors (Lipinski definition) is 7. The van der Waals surface area contributed by atoms with Crippen LogP contribution in [0.4, 0.5) is 4.79 Å². The van der Waals surface area contributed by atoms with Crippen molar-refractivity contribution in [3.63, 3.8) is 0 Å². The molecule has 29 heavy (non-hydrogen) atoms. The second-order valence-corrected chi connectivity index (χ2v) is 8.97. The molecule has 2 unspecified atom stereocenters. The summed E-state index contributed by atoms with van der Waals surface area (Å²) in [5.74, 6) is 0.559. The summed E-state index contributed by atoms with van der Waals surface area (Å²) in [5.41, 5.74) is 5.57. The van der Waals surface area contributed by atoms with Gasteiger partial charge in [-0.05, 0) is 38.0 Å². The Labute approximate surface area is 166 Å². The first-order valence-corrected chi connectivity index (χ1v) is 10.9. The number of aromatic amines is 1. The molecule has 5 rings (SSSR count). The van der Waals surface area contributed by atoms with Gasteiger partial charge < -0.3 is 4.90 Å². The molecule has 2 aliphatic heterocycles. The van der Waals surface area contributed by atoms with Crippen LogP contribution < -0.4 is 5.48 Å². The second-order valence-electron chi connectivity index (χ2n) is 7.97. The number of carbonyl (C=O) groups excluding carboxylic acids is 2. The Morgan fingerprint density at radius 2 is 2.07 bits per heavy atom. The Morgan fingerprint density at radius 1 is 1.28 bits per heavy atom. The lowest BCUT2D eigenvalue weighted by molar-refractivity contribution is -0.140. The molecule has 4 atom stereocenters. The van der Waals surface area contributed by atoms with Gasteiger partial charge in [0.15, 0.2) is 0 Å². The van der Waals surface area contributed by atoms with Crippen LogP contribution in [0.15, 0.2) is 0 Å². The molecule has 1 aromatic heterocycles. The van der Waals surface area contributed by atoms with Gasteiger partial charge in [-0.25, -0.2) is 10.3 Å². The van der Waals surface area contributed by atoms with E-state index in [4.69, 9.17) is 9.39 Å². The fourth-order valence-corrected chi connectivity index (χ4v) is 5.52. The van der Waals surface area contributed by atoms with E-state index in [0.717, 1.165) is 18.5 Å². The summed E-state index contributed by atoms with van der Waals surface area (Å²) >= 11 is 0. The molecule has 3 heterocycles. The molecule has 3 amide bonds. The van der Waals surface area contributed by atoms with E-state index in [1.165, 1.54) is 22.6 Å². The van der Waals surface area contributed by atoms with Crippen molar-refractivity contribution in [1.29, 1.82) is 0 Å². The third kappa shape index (κ3) is 3.17. The van der Waals surface area contributed by atoms with Gasteiger partial charge in [-0.15, -0.1) is 4.28 Å². The maximum absolute atomic E-state index is 12.5. The highest BCUT2D eigenvalue weighted by molar-refractivity contribution is 7.80. The van der Waals surface area contributed by atoms with Gasteiger partial charge in [0.1, 0.15) is 12.6 Å². The summed E-state index contributed by atoms with van der Waals surface area (Å²) in [6.07, 6.45) is 4.15. The van der Waals surface area contributed by atoms with E-state index in [9.17, 15) is 18.0 Å². The molecule has 0 radical (unpaired) electrons. The third-order valence-corrected chi connectivity index (χ3v) is 6.69. The molecule has 3 N–H and O–H groups in total. The summed E-state index contributed by atoms with van der Waals surface area (Å²) in [7, 11) is -4.82. The van der Waals surface area contributed by atoms with Gasteiger partial charge in [0.05, 0.1) is 11.7 Å². The van der Waals surface area contributed by atoms with Gasteiger partial charge in [-0.2, -0.15) is 18.6 Å². The molecular formula is C16H21N5O7S. The zero-order valence-electron chi connectivity index (χ0n) is 15.4. The maximum Gasteiger partial charge on any atom is 0.418 e. The predicted molar refractivity (Wildman–Crippen MR) is 94.2 cm³/mol. The summed E-state index contributed by atoms with van der Waals surface area (Å²) < 4.78 is 35.0. The minimum absolute atomic E-state index is 0.127. The summed E-state index contributed by atoms with van der Waals surface area (Å²) in [6, 6.07) is -2.14. The molecule has 2 saturated heterocycles. The van der Waals surface area contributed by atoms with Crippen molar-refractivity contribution in [2.45, 2.75) is 62.6 Å². The molecular weight excluding hydrogens is 406 g/mol. The Hall–Kier alpha value is -2.22. The molecule has 1 aromatic rings. The van der Waals surface area contributed by atoms with Gasteiger partial charge in [0.2, 0.25) is 0 Å². The Morgan fingerprint density at radius 3 is 2.86 bits per heavy atom. The van der Waals surface area contributed by atoms with E-state index in [1.54, 1.807) is 0 Å². The minimum atomic E-state index is -4.82. The average Bonchev–Trinajstić information content (AvgIpc) is 3.41. The lowest BCUT2D eigenvalue weighted by Crippen LogP contribution is -2.49. The van der Waals surface area contributed by atoms with Gasteiger partial charge in [0, 0.05) is 23.7 Å². The van der Waals surface area contributed by atoms with Crippen molar-refractivity contribution in [3.8, 4) is 0 Å². The number of nitrogens with zero attached hydrogens (tertiary/aromatic N) is 3. The van der Waals surface area contributed by atoms with Gasteiger partial charge >= 0.3 is 16.4 Å². The minimum Gasteiger partial charge on any atom is -0.309 e. The van der Waals surface area contributed by atoms with E-state index < -0.39 is 34.4 Å². The van der Waals surface area contributed by atoms with E-state index in [2.05, 4.69) is 20.0 Å². The van der Waals surface area contributed by atoms with Crippen LogP contribution >= 0.6 is 0 Å². The van der Waals surface area contributed by atoms with Crippen LogP contribution in [0.2, 0.25) is 0 Å². The summed E-state index contributed by atoms with van der Waals surface area (Å²) in [6.45, 7) is 0.254. The van der Waals surface area contributed by atoms with Crippen molar-refractivity contribution in [2.75, 3.05) is 6.54 Å². The highest BCUT2D eigenvalue weighted by Gasteiger charge is 2.49. The monoisotopic (exact) mass is 427 g/mol. The number of nitrogens with one attached hydrogen (secondary N) is 2. The number of rotatable bonds is 6. The number of amides is 3. The normalized spacial score (nSPS) is 30.2. The Kier molecular flexibility index (Phi) is 4.31. The van der Waals surface area contributed by atoms with E-state index in [-0.39, 0.29) is 13.2 Å². The molecule has 13 heteroatoms. The van der Waals surface area contributed by atoms with Crippen molar-refractivity contribution in [1.82, 2.24) is 25.6 Å². The van der Waals surface area contributed by atoms with Crippen molar-refractivity contribution < 1.29 is 31.7 Å². The first-order chi connectivity index (χ1) is 13.8. The molecule has 0 spiro atoms. The highest BCUT2D eigenvalue weighted by Crippen LogP contribution is 2.53. The fraction of sp³-hybridized carbons (Fsp3) is 0.688. The second kappa shape index (κ2) is 6.65.